The maximum absolute atomic E-state index is 5.35. The van der Waals surface area contributed by atoms with Crippen LogP contribution in [-0.2, 0) is 0 Å². The van der Waals surface area contributed by atoms with E-state index in [0.29, 0.717) is 0 Å². The Kier molecular flexibility index (Phi) is 8.31. The van der Waals surface area contributed by atoms with E-state index >= 15 is 0 Å². The zero-order chi connectivity index (χ0) is 31.9. The number of fused-ring (bicyclic) bond motifs is 8. The van der Waals surface area contributed by atoms with E-state index in [2.05, 4.69) is 156 Å². The first kappa shape index (κ1) is 30.8. The third kappa shape index (κ3) is 5.72. The molecule has 4 nitrogen and oxygen atoms in total. The Morgan fingerprint density at radius 3 is 0.735 bits per heavy atom. The molecule has 0 radical (unpaired) electrons. The largest absolute Gasteiger partial charge is 0.354 e. The van der Waals surface area contributed by atoms with Gasteiger partial charge in [0.05, 0.1) is 22.8 Å². The minimum Gasteiger partial charge on any atom is -0.354 e. The van der Waals surface area contributed by atoms with Crippen LogP contribution in [0.4, 0.5) is 0 Å². The van der Waals surface area contributed by atoms with Crippen molar-refractivity contribution in [3.8, 4) is 44.5 Å². The number of nitrogens with zero attached hydrogens (tertiary/aromatic N) is 2. The van der Waals surface area contributed by atoms with Crippen LogP contribution in [0.15, 0.2) is 146 Å². The van der Waals surface area contributed by atoms with Gasteiger partial charge >= 0.3 is 0 Å². The van der Waals surface area contributed by atoms with Crippen molar-refractivity contribution in [3.63, 3.8) is 0 Å². The van der Waals surface area contributed by atoms with Gasteiger partial charge in [0.1, 0.15) is 0 Å². The van der Waals surface area contributed by atoms with Gasteiger partial charge in [-0.1, -0.05) is 121 Å². The van der Waals surface area contributed by atoms with Gasteiger partial charge in [-0.25, -0.2) is 9.97 Å². The van der Waals surface area contributed by atoms with E-state index in [1.165, 1.54) is 0 Å². The topological polar surface area (TPSA) is 57.4 Å². The zero-order valence-corrected chi connectivity index (χ0v) is 30.7. The van der Waals surface area contributed by atoms with Gasteiger partial charge in [-0.3, -0.25) is 0 Å². The fourth-order valence-corrected chi connectivity index (χ4v) is 6.84. The van der Waals surface area contributed by atoms with Gasteiger partial charge in [0, 0.05) is 75.4 Å². The van der Waals surface area contributed by atoms with Crippen LogP contribution in [0.5, 0.6) is 0 Å². The quantitative estimate of drug-likeness (QED) is 0.185. The van der Waals surface area contributed by atoms with Crippen LogP contribution >= 0.6 is 0 Å². The first-order valence-corrected chi connectivity index (χ1v) is 16.2. The summed E-state index contributed by atoms with van der Waals surface area (Å²) in [6.45, 7) is 0. The summed E-state index contributed by atoms with van der Waals surface area (Å²) in [6.07, 6.45) is 8.54. The number of nitrogens with one attached hydrogen (secondary N) is 2. The zero-order valence-electron chi connectivity index (χ0n) is 26.6. The molecule has 5 heteroatoms. The third-order valence-corrected chi connectivity index (χ3v) is 9.00. The van der Waals surface area contributed by atoms with Crippen molar-refractivity contribution in [1.82, 2.24) is 19.9 Å². The molecule has 0 atom stereocenters. The predicted octanol–water partition coefficient (Wildman–Crippen LogP) is 11.3. The van der Waals surface area contributed by atoms with Gasteiger partial charge < -0.3 is 9.97 Å². The summed E-state index contributed by atoms with van der Waals surface area (Å²) in [7, 11) is 0. The number of hydrogen-bond acceptors (Lipinski definition) is 2. The number of H-pyrrole nitrogens is 2. The number of benzene rings is 4. The van der Waals surface area contributed by atoms with Crippen LogP contribution in [0.25, 0.3) is 90.9 Å². The molecular formula is C44H30N4U. The number of aromatic nitrogens is 4. The second kappa shape index (κ2) is 13.2. The van der Waals surface area contributed by atoms with E-state index in [1.807, 2.05) is 24.3 Å². The molecule has 0 aliphatic carbocycles. The van der Waals surface area contributed by atoms with Crippen molar-refractivity contribution in [3.05, 3.63) is 168 Å². The van der Waals surface area contributed by atoms with Crippen LogP contribution in [-0.4, -0.2) is 19.9 Å². The second-order valence-electron chi connectivity index (χ2n) is 12.0. The minimum absolute atomic E-state index is 0. The molecule has 5 heterocycles. The molecule has 7 aromatic rings. The first-order chi connectivity index (χ1) is 23.8. The SMILES string of the molecule is C1=Cc2nc1c(-c1ccccc1)c1ccc([nH]1)c(-c1ccccc1)c1nc(c(-c3ccccc3)c3ccc([nH]3)c2-c2ccccc2)C=C1.[U]. The summed E-state index contributed by atoms with van der Waals surface area (Å²) in [5.41, 5.74) is 16.2. The van der Waals surface area contributed by atoms with Gasteiger partial charge in [0.15, 0.2) is 0 Å². The fraction of sp³-hybridized carbons (Fsp3) is 0. The molecule has 3 aromatic heterocycles. The van der Waals surface area contributed by atoms with E-state index in [-0.39, 0.29) is 31.1 Å². The van der Waals surface area contributed by atoms with Gasteiger partial charge in [-0.2, -0.15) is 0 Å². The minimum atomic E-state index is 0. The van der Waals surface area contributed by atoms with Gasteiger partial charge in [0.25, 0.3) is 0 Å². The first-order valence-electron chi connectivity index (χ1n) is 16.2. The molecule has 0 saturated carbocycles. The maximum Gasteiger partial charge on any atom is 0.0737 e. The molecule has 0 spiro atoms. The van der Waals surface area contributed by atoms with E-state index in [4.69, 9.17) is 9.97 Å². The summed E-state index contributed by atoms with van der Waals surface area (Å²) in [6, 6.07) is 50.7. The van der Waals surface area contributed by atoms with E-state index in [1.54, 1.807) is 0 Å². The molecular weight excluding hydrogens is 823 g/mol. The maximum atomic E-state index is 5.35. The molecule has 230 valence electrons. The van der Waals surface area contributed by atoms with Crippen LogP contribution in [0.3, 0.4) is 0 Å². The Morgan fingerprint density at radius 1 is 0.286 bits per heavy atom. The van der Waals surface area contributed by atoms with Crippen molar-refractivity contribution in [2.24, 2.45) is 0 Å². The van der Waals surface area contributed by atoms with Gasteiger partial charge in [-0.05, 0) is 70.8 Å². The van der Waals surface area contributed by atoms with E-state index in [0.717, 1.165) is 89.4 Å². The predicted molar refractivity (Wildman–Crippen MR) is 201 cm³/mol. The Labute approximate surface area is 308 Å². The van der Waals surface area contributed by atoms with Gasteiger partial charge in [0.2, 0.25) is 0 Å². The third-order valence-electron chi connectivity index (χ3n) is 9.00. The van der Waals surface area contributed by atoms with E-state index < -0.39 is 0 Å². The van der Waals surface area contributed by atoms with Crippen LogP contribution < -0.4 is 0 Å². The van der Waals surface area contributed by atoms with Crippen LogP contribution in [0.2, 0.25) is 0 Å². The monoisotopic (exact) mass is 852 g/mol. The molecule has 2 N–H and O–H groups in total. The average Bonchev–Trinajstić information content (AvgIpc) is 3.98. The average molecular weight is 853 g/mol. The number of aromatic amines is 2. The van der Waals surface area contributed by atoms with Crippen LogP contribution in [0, 0.1) is 31.1 Å². The summed E-state index contributed by atoms with van der Waals surface area (Å²) in [5.74, 6) is 0. The Hall–Kier alpha value is -5.47. The summed E-state index contributed by atoms with van der Waals surface area (Å²) < 4.78 is 0. The standard InChI is InChI=1S/C44H30N4.U/c1-5-13-29(14-6-1)41-33-21-23-35(45-33)42(30-15-7-2-8-16-30)37-25-27-39(47-37)44(32-19-11-4-12-20-32)40-28-26-38(48-40)43(31-17-9-3-10-18-31)36-24-22-34(41)46-36;/h1-28,45,48H;. The fourth-order valence-electron chi connectivity index (χ4n) is 6.84. The molecule has 0 fully saturated rings. The molecule has 9 rings (SSSR count). The van der Waals surface area contributed by atoms with Crippen molar-refractivity contribution in [1.29, 1.82) is 0 Å². The van der Waals surface area contributed by atoms with Gasteiger partial charge in [-0.15, -0.1) is 0 Å². The van der Waals surface area contributed by atoms with E-state index in [9.17, 15) is 0 Å². The Balaban J connectivity index is 0.00000348. The normalized spacial score (nSPS) is 11.8. The molecule has 2 aliphatic heterocycles. The summed E-state index contributed by atoms with van der Waals surface area (Å²) in [5, 5.41) is 0. The summed E-state index contributed by atoms with van der Waals surface area (Å²) >= 11 is 0. The Morgan fingerprint density at radius 2 is 0.510 bits per heavy atom. The smallest absolute Gasteiger partial charge is 0.0737 e. The Bertz CT molecular complexity index is 2180. The molecule has 4 aromatic carbocycles. The molecule has 0 amide bonds. The summed E-state index contributed by atoms with van der Waals surface area (Å²) in [4.78, 5) is 18.3. The van der Waals surface area contributed by atoms with Crippen LogP contribution in [0.1, 0.15) is 22.8 Å². The van der Waals surface area contributed by atoms with Crippen molar-refractivity contribution >= 4 is 46.4 Å². The number of rotatable bonds is 4. The molecule has 49 heavy (non-hydrogen) atoms. The second-order valence-corrected chi connectivity index (χ2v) is 12.0. The van der Waals surface area contributed by atoms with Crippen molar-refractivity contribution in [2.75, 3.05) is 0 Å². The molecule has 0 saturated heterocycles. The molecule has 8 bridgehead atoms. The molecule has 2 aliphatic rings. The molecule has 0 unspecified atom stereocenters. The van der Waals surface area contributed by atoms with Crippen molar-refractivity contribution < 1.29 is 31.1 Å². The number of hydrogen-bond donors (Lipinski definition) is 2. The van der Waals surface area contributed by atoms with Crippen molar-refractivity contribution in [2.45, 2.75) is 0 Å².